The molecule has 3 rings (SSSR count). The highest BCUT2D eigenvalue weighted by atomic mass is 16.4. The first-order chi connectivity index (χ1) is 11.6. The fraction of sp³-hybridized carbons (Fsp3) is 0.176. The molecule has 3 aromatic rings. The second-order valence-electron chi connectivity index (χ2n) is 5.31. The number of anilines is 1. The van der Waals surface area contributed by atoms with Crippen LogP contribution in [0.1, 0.15) is 11.9 Å². The largest absolute Gasteiger partial charge is 0.467 e. The van der Waals surface area contributed by atoms with Crippen LogP contribution in [-0.2, 0) is 7.05 Å². The molecule has 0 aliphatic carbocycles. The maximum atomic E-state index is 12.0. The van der Waals surface area contributed by atoms with Crippen molar-refractivity contribution < 1.29 is 14.3 Å². The van der Waals surface area contributed by atoms with Gasteiger partial charge in [-0.15, -0.1) is 0 Å². The van der Waals surface area contributed by atoms with Gasteiger partial charge in [-0.25, -0.2) is 9.78 Å². The number of imidazole rings is 1. The van der Waals surface area contributed by atoms with Crippen molar-refractivity contribution in [1.82, 2.24) is 14.9 Å². The van der Waals surface area contributed by atoms with Gasteiger partial charge in [0.05, 0.1) is 12.8 Å². The highest BCUT2D eigenvalue weighted by Crippen LogP contribution is 2.20. The van der Waals surface area contributed by atoms with Crippen molar-refractivity contribution in [3.63, 3.8) is 0 Å². The number of hydrogen-bond donors (Lipinski definition) is 3. The molecule has 2 heterocycles. The molecule has 1 aromatic carbocycles. The smallest absolute Gasteiger partial charge is 0.319 e. The lowest BCUT2D eigenvalue weighted by atomic mass is 10.2. The summed E-state index contributed by atoms with van der Waals surface area (Å²) in [5.41, 5.74) is 1.54. The van der Waals surface area contributed by atoms with Crippen LogP contribution >= 0.6 is 0 Å². The molecule has 124 valence electrons. The molecule has 0 saturated carbocycles. The van der Waals surface area contributed by atoms with E-state index in [9.17, 15) is 9.90 Å². The van der Waals surface area contributed by atoms with Crippen LogP contribution in [0.2, 0.25) is 0 Å². The van der Waals surface area contributed by atoms with E-state index in [2.05, 4.69) is 15.6 Å². The minimum Gasteiger partial charge on any atom is -0.467 e. The summed E-state index contributed by atoms with van der Waals surface area (Å²) in [6.45, 7) is 0.0540. The van der Waals surface area contributed by atoms with E-state index in [1.165, 1.54) is 6.26 Å². The third kappa shape index (κ3) is 3.64. The van der Waals surface area contributed by atoms with Gasteiger partial charge >= 0.3 is 6.03 Å². The lowest BCUT2D eigenvalue weighted by molar-refractivity contribution is 0.149. The Morgan fingerprint density at radius 1 is 1.38 bits per heavy atom. The van der Waals surface area contributed by atoms with Crippen molar-refractivity contribution in [2.24, 2.45) is 7.05 Å². The zero-order chi connectivity index (χ0) is 16.9. The third-order valence-corrected chi connectivity index (χ3v) is 3.53. The molecule has 0 aliphatic rings. The Balaban J connectivity index is 1.60. The van der Waals surface area contributed by atoms with Gasteiger partial charge in [0.15, 0.2) is 0 Å². The molecule has 2 aromatic heterocycles. The summed E-state index contributed by atoms with van der Waals surface area (Å²) >= 11 is 0. The Bertz CT molecular complexity index is 811. The van der Waals surface area contributed by atoms with Gasteiger partial charge in [0.2, 0.25) is 0 Å². The number of carbonyl (C=O) groups is 1. The molecule has 0 spiro atoms. The minimum absolute atomic E-state index is 0.0540. The molecule has 0 saturated heterocycles. The van der Waals surface area contributed by atoms with Crippen molar-refractivity contribution in [1.29, 1.82) is 0 Å². The van der Waals surface area contributed by atoms with Gasteiger partial charge in [-0.05, 0) is 24.3 Å². The van der Waals surface area contributed by atoms with Crippen LogP contribution in [-0.4, -0.2) is 27.2 Å². The summed E-state index contributed by atoms with van der Waals surface area (Å²) in [4.78, 5) is 16.3. The van der Waals surface area contributed by atoms with Crippen LogP contribution < -0.4 is 10.6 Å². The Labute approximate surface area is 138 Å². The number of aromatic nitrogens is 2. The Morgan fingerprint density at radius 3 is 2.96 bits per heavy atom. The SMILES string of the molecule is Cn1ccnc1-c1cccc(NC(=O)NCC(O)c2ccco2)c1. The van der Waals surface area contributed by atoms with Gasteiger partial charge in [-0.1, -0.05) is 12.1 Å². The molecular formula is C17H18N4O3. The fourth-order valence-corrected chi connectivity index (χ4v) is 2.33. The van der Waals surface area contributed by atoms with E-state index in [4.69, 9.17) is 4.42 Å². The normalized spacial score (nSPS) is 11.9. The van der Waals surface area contributed by atoms with Crippen LogP contribution in [0.25, 0.3) is 11.4 Å². The number of aryl methyl sites for hydroxylation is 1. The Morgan fingerprint density at radius 2 is 2.25 bits per heavy atom. The van der Waals surface area contributed by atoms with Gasteiger partial charge in [-0.2, -0.15) is 0 Å². The predicted molar refractivity (Wildman–Crippen MR) is 89.3 cm³/mol. The van der Waals surface area contributed by atoms with Crippen LogP contribution in [0.15, 0.2) is 59.5 Å². The lowest BCUT2D eigenvalue weighted by Gasteiger charge is -2.11. The first-order valence-corrected chi connectivity index (χ1v) is 7.47. The number of benzene rings is 1. The Hall–Kier alpha value is -3.06. The van der Waals surface area contributed by atoms with Gasteiger partial charge in [0, 0.05) is 30.7 Å². The van der Waals surface area contributed by atoms with E-state index in [0.29, 0.717) is 11.4 Å². The maximum absolute atomic E-state index is 12.0. The quantitative estimate of drug-likeness (QED) is 0.672. The molecule has 0 aliphatic heterocycles. The van der Waals surface area contributed by atoms with Crippen LogP contribution in [0.4, 0.5) is 10.5 Å². The topological polar surface area (TPSA) is 92.3 Å². The number of nitrogens with zero attached hydrogens (tertiary/aromatic N) is 2. The van der Waals surface area contributed by atoms with Crippen molar-refractivity contribution in [2.45, 2.75) is 6.10 Å². The van der Waals surface area contributed by atoms with Gasteiger partial charge in [-0.3, -0.25) is 0 Å². The summed E-state index contributed by atoms with van der Waals surface area (Å²) in [5, 5.41) is 15.2. The Kier molecular flexibility index (Phi) is 4.62. The molecule has 0 bridgehead atoms. The molecule has 7 nitrogen and oxygen atoms in total. The van der Waals surface area contributed by atoms with Gasteiger partial charge < -0.3 is 24.7 Å². The molecule has 1 unspecified atom stereocenters. The second kappa shape index (κ2) is 7.01. The number of hydrogen-bond acceptors (Lipinski definition) is 4. The number of aliphatic hydroxyl groups excluding tert-OH is 1. The lowest BCUT2D eigenvalue weighted by Crippen LogP contribution is -2.32. The monoisotopic (exact) mass is 326 g/mol. The number of furan rings is 1. The molecule has 24 heavy (non-hydrogen) atoms. The molecule has 2 amide bonds. The van der Waals surface area contributed by atoms with E-state index >= 15 is 0 Å². The molecule has 1 atom stereocenters. The number of carbonyl (C=O) groups excluding carboxylic acids is 1. The zero-order valence-corrected chi connectivity index (χ0v) is 13.1. The zero-order valence-electron chi connectivity index (χ0n) is 13.1. The van der Waals surface area contributed by atoms with Crippen molar-refractivity contribution in [3.8, 4) is 11.4 Å². The highest BCUT2D eigenvalue weighted by molar-refractivity contribution is 5.89. The van der Waals surface area contributed by atoms with E-state index in [0.717, 1.165) is 11.4 Å². The fourth-order valence-electron chi connectivity index (χ4n) is 2.33. The first kappa shape index (κ1) is 15.8. The number of aliphatic hydroxyl groups is 1. The molecule has 7 heteroatoms. The summed E-state index contributed by atoms with van der Waals surface area (Å²) in [7, 11) is 1.91. The van der Waals surface area contributed by atoms with Gasteiger partial charge in [0.1, 0.15) is 17.7 Å². The first-order valence-electron chi connectivity index (χ1n) is 7.47. The number of nitrogens with one attached hydrogen (secondary N) is 2. The van der Waals surface area contributed by atoms with E-state index in [1.54, 1.807) is 24.4 Å². The second-order valence-corrected chi connectivity index (χ2v) is 5.31. The van der Waals surface area contributed by atoms with Crippen molar-refractivity contribution >= 4 is 11.7 Å². The predicted octanol–water partition coefficient (Wildman–Crippen LogP) is 2.54. The highest BCUT2D eigenvalue weighted by Gasteiger charge is 2.12. The molecular weight excluding hydrogens is 308 g/mol. The number of amides is 2. The summed E-state index contributed by atoms with van der Waals surface area (Å²) in [6, 6.07) is 10.3. The number of rotatable bonds is 5. The molecule has 0 radical (unpaired) electrons. The van der Waals surface area contributed by atoms with Crippen LogP contribution in [0.5, 0.6) is 0 Å². The minimum atomic E-state index is -0.885. The van der Waals surface area contributed by atoms with Crippen molar-refractivity contribution in [2.75, 3.05) is 11.9 Å². The molecule has 3 N–H and O–H groups in total. The summed E-state index contributed by atoms with van der Waals surface area (Å²) in [5.74, 6) is 1.22. The van der Waals surface area contributed by atoms with Gasteiger partial charge in [0.25, 0.3) is 0 Å². The maximum Gasteiger partial charge on any atom is 0.319 e. The summed E-state index contributed by atoms with van der Waals surface area (Å²) < 4.78 is 6.98. The van der Waals surface area contributed by atoms with Crippen LogP contribution in [0.3, 0.4) is 0 Å². The van der Waals surface area contributed by atoms with Crippen molar-refractivity contribution in [3.05, 3.63) is 60.8 Å². The molecule has 0 fully saturated rings. The van der Waals surface area contributed by atoms with E-state index < -0.39 is 12.1 Å². The summed E-state index contributed by atoms with van der Waals surface area (Å²) in [6.07, 6.45) is 4.17. The van der Waals surface area contributed by atoms with E-state index in [-0.39, 0.29) is 6.54 Å². The third-order valence-electron chi connectivity index (χ3n) is 3.53. The standard InChI is InChI=1S/C17H18N4O3/c1-21-8-7-18-16(21)12-4-2-5-13(10-12)20-17(23)19-11-14(22)15-6-3-9-24-15/h2-10,14,22H,11H2,1H3,(H2,19,20,23). The average Bonchev–Trinajstić information content (AvgIpc) is 3.24. The van der Waals surface area contributed by atoms with E-state index in [1.807, 2.05) is 36.0 Å². The number of urea groups is 1. The average molecular weight is 326 g/mol. The van der Waals surface area contributed by atoms with Crippen LogP contribution in [0, 0.1) is 0 Å².